The van der Waals surface area contributed by atoms with E-state index >= 15 is 0 Å². The summed E-state index contributed by atoms with van der Waals surface area (Å²) < 4.78 is 0. The molecule has 1 rings (SSSR count). The molecule has 1 aliphatic rings. The minimum absolute atomic E-state index is 0. The van der Waals surface area contributed by atoms with Crippen molar-refractivity contribution in [3.05, 3.63) is 0 Å². The molecule has 0 radical (unpaired) electrons. The average molecular weight is 334 g/mol. The minimum atomic E-state index is -0.677. The van der Waals surface area contributed by atoms with Crippen molar-refractivity contribution in [2.75, 3.05) is 26.7 Å². The van der Waals surface area contributed by atoms with Crippen molar-refractivity contribution in [2.45, 2.75) is 58.4 Å². The van der Waals surface area contributed by atoms with Gasteiger partial charge in [-0.05, 0) is 33.7 Å². The number of carbonyl (C=O) groups excluding carboxylic acids is 2. The Morgan fingerprint density at radius 3 is 2.14 bits per heavy atom. The zero-order valence-corrected chi connectivity index (χ0v) is 15.2. The van der Waals surface area contributed by atoms with E-state index in [2.05, 4.69) is 10.6 Å². The molecule has 1 aliphatic carbocycles. The van der Waals surface area contributed by atoms with Crippen molar-refractivity contribution < 1.29 is 9.59 Å². The Labute approximate surface area is 141 Å². The van der Waals surface area contributed by atoms with E-state index in [4.69, 9.17) is 0 Å². The van der Waals surface area contributed by atoms with Crippen LogP contribution >= 0.6 is 12.4 Å². The molecule has 2 N–H and O–H groups in total. The molecule has 0 aromatic rings. The van der Waals surface area contributed by atoms with Crippen LogP contribution in [0.3, 0.4) is 0 Å². The molecule has 0 aromatic carbocycles. The molecular formula is C16H32ClN3O2. The van der Waals surface area contributed by atoms with Crippen LogP contribution in [0.2, 0.25) is 0 Å². The summed E-state index contributed by atoms with van der Waals surface area (Å²) in [4.78, 5) is 27.1. The monoisotopic (exact) mass is 333 g/mol. The van der Waals surface area contributed by atoms with Gasteiger partial charge >= 0.3 is 0 Å². The molecule has 1 fully saturated rings. The summed E-state index contributed by atoms with van der Waals surface area (Å²) >= 11 is 0. The fourth-order valence-electron chi connectivity index (χ4n) is 3.12. The number of amides is 2. The highest BCUT2D eigenvalue weighted by Gasteiger charge is 2.43. The zero-order valence-electron chi connectivity index (χ0n) is 14.4. The molecule has 6 heteroatoms. The largest absolute Gasteiger partial charge is 0.341 e. The Kier molecular flexibility index (Phi) is 9.69. The Hall–Kier alpha value is -0.810. The lowest BCUT2D eigenvalue weighted by atomic mass is 9.80. The highest BCUT2D eigenvalue weighted by molar-refractivity contribution is 5.92. The second-order valence-corrected chi connectivity index (χ2v) is 6.07. The summed E-state index contributed by atoms with van der Waals surface area (Å²) in [5.41, 5.74) is -0.677. The van der Waals surface area contributed by atoms with E-state index in [1.807, 2.05) is 32.7 Å². The van der Waals surface area contributed by atoms with E-state index in [1.165, 1.54) is 0 Å². The Balaban J connectivity index is 0.00000441. The predicted octanol–water partition coefficient (Wildman–Crippen LogP) is 1.95. The number of likely N-dealkylation sites (N-methyl/N-ethyl adjacent to an activating group) is 1. The van der Waals surface area contributed by atoms with Crippen LogP contribution in [0.15, 0.2) is 0 Å². The van der Waals surface area contributed by atoms with Crippen LogP contribution in [0.5, 0.6) is 0 Å². The molecule has 0 aliphatic heterocycles. The maximum absolute atomic E-state index is 12.9. The Morgan fingerprint density at radius 1 is 1.14 bits per heavy atom. The first kappa shape index (κ1) is 21.2. The second kappa shape index (κ2) is 10.1. The second-order valence-electron chi connectivity index (χ2n) is 6.07. The van der Waals surface area contributed by atoms with Gasteiger partial charge in [0, 0.05) is 25.6 Å². The molecule has 0 bridgehead atoms. The van der Waals surface area contributed by atoms with Crippen LogP contribution in [0.1, 0.15) is 52.9 Å². The average Bonchev–Trinajstić information content (AvgIpc) is 2.49. The van der Waals surface area contributed by atoms with Gasteiger partial charge in [-0.2, -0.15) is 0 Å². The molecule has 2 amide bonds. The molecule has 130 valence electrons. The summed E-state index contributed by atoms with van der Waals surface area (Å²) in [5.74, 6) is -0.0535. The fraction of sp³-hybridized carbons (Fsp3) is 0.875. The Bertz CT molecular complexity index is 353. The molecule has 22 heavy (non-hydrogen) atoms. The maximum atomic E-state index is 12.9. The highest BCUT2D eigenvalue weighted by atomic mass is 35.5. The first-order valence-electron chi connectivity index (χ1n) is 8.26. The van der Waals surface area contributed by atoms with Crippen molar-refractivity contribution in [1.82, 2.24) is 15.5 Å². The van der Waals surface area contributed by atoms with E-state index in [-0.39, 0.29) is 30.1 Å². The van der Waals surface area contributed by atoms with Gasteiger partial charge in [-0.15, -0.1) is 12.4 Å². The van der Waals surface area contributed by atoms with E-state index in [1.54, 1.807) is 0 Å². The predicted molar refractivity (Wildman–Crippen MR) is 92.2 cm³/mol. The zero-order chi connectivity index (χ0) is 15.9. The number of hydrogen-bond acceptors (Lipinski definition) is 3. The van der Waals surface area contributed by atoms with Gasteiger partial charge in [0.25, 0.3) is 0 Å². The van der Waals surface area contributed by atoms with Crippen molar-refractivity contribution in [3.8, 4) is 0 Å². The van der Waals surface area contributed by atoms with Crippen LogP contribution < -0.4 is 10.6 Å². The molecule has 5 nitrogen and oxygen atoms in total. The van der Waals surface area contributed by atoms with Crippen molar-refractivity contribution in [2.24, 2.45) is 5.92 Å². The first-order valence-corrected chi connectivity index (χ1v) is 8.26. The molecule has 0 spiro atoms. The van der Waals surface area contributed by atoms with Gasteiger partial charge in [0.1, 0.15) is 5.54 Å². The maximum Gasteiger partial charge on any atom is 0.248 e. The molecule has 0 aromatic heterocycles. The lowest BCUT2D eigenvalue weighted by Crippen LogP contribution is -2.61. The lowest BCUT2D eigenvalue weighted by molar-refractivity contribution is -0.144. The third kappa shape index (κ3) is 5.13. The van der Waals surface area contributed by atoms with Crippen LogP contribution in [0, 0.1) is 5.92 Å². The van der Waals surface area contributed by atoms with Crippen LogP contribution in [0.25, 0.3) is 0 Å². The van der Waals surface area contributed by atoms with Gasteiger partial charge < -0.3 is 15.5 Å². The van der Waals surface area contributed by atoms with Gasteiger partial charge in [0.05, 0.1) is 0 Å². The highest BCUT2D eigenvalue weighted by Crippen LogP contribution is 2.30. The van der Waals surface area contributed by atoms with E-state index in [0.29, 0.717) is 19.6 Å². The van der Waals surface area contributed by atoms with Crippen molar-refractivity contribution >= 4 is 24.2 Å². The fourth-order valence-corrected chi connectivity index (χ4v) is 3.12. The standard InChI is InChI=1S/C16H31N3O2.ClH/c1-5-19(6-2)15(21)16(10-8-7-9-11-16)18-14(20)13(3)12-17-4;/h13,17H,5-12H2,1-4H3,(H,18,20);1H. The van der Waals surface area contributed by atoms with Gasteiger partial charge in [-0.3, -0.25) is 9.59 Å². The number of halogens is 1. The van der Waals surface area contributed by atoms with E-state index in [9.17, 15) is 9.59 Å². The summed E-state index contributed by atoms with van der Waals surface area (Å²) in [6, 6.07) is 0. The van der Waals surface area contributed by atoms with Crippen molar-refractivity contribution in [3.63, 3.8) is 0 Å². The number of rotatable bonds is 7. The van der Waals surface area contributed by atoms with Gasteiger partial charge in [-0.25, -0.2) is 0 Å². The van der Waals surface area contributed by atoms with Crippen molar-refractivity contribution in [1.29, 1.82) is 0 Å². The van der Waals surface area contributed by atoms with E-state index in [0.717, 1.165) is 32.1 Å². The quantitative estimate of drug-likeness (QED) is 0.748. The van der Waals surface area contributed by atoms with Crippen LogP contribution in [-0.2, 0) is 9.59 Å². The van der Waals surface area contributed by atoms with Gasteiger partial charge in [0.15, 0.2) is 0 Å². The van der Waals surface area contributed by atoms with E-state index < -0.39 is 5.54 Å². The van der Waals surface area contributed by atoms with Crippen LogP contribution in [-0.4, -0.2) is 48.9 Å². The summed E-state index contributed by atoms with van der Waals surface area (Å²) in [6.07, 6.45) is 4.69. The first-order chi connectivity index (χ1) is 10.0. The molecule has 1 atom stereocenters. The Morgan fingerprint density at radius 2 is 1.68 bits per heavy atom. The van der Waals surface area contributed by atoms with Gasteiger partial charge in [-0.1, -0.05) is 26.2 Å². The molecule has 1 saturated carbocycles. The number of hydrogen-bond donors (Lipinski definition) is 2. The summed E-state index contributed by atoms with van der Waals surface area (Å²) in [6.45, 7) is 7.89. The summed E-state index contributed by atoms with van der Waals surface area (Å²) in [7, 11) is 1.83. The molecule has 0 saturated heterocycles. The number of carbonyl (C=O) groups is 2. The summed E-state index contributed by atoms with van der Waals surface area (Å²) in [5, 5.41) is 6.11. The van der Waals surface area contributed by atoms with Crippen LogP contribution in [0.4, 0.5) is 0 Å². The minimum Gasteiger partial charge on any atom is -0.341 e. The smallest absolute Gasteiger partial charge is 0.248 e. The topological polar surface area (TPSA) is 61.4 Å². The third-order valence-electron chi connectivity index (χ3n) is 4.49. The molecule has 0 heterocycles. The number of nitrogens with zero attached hydrogens (tertiary/aromatic N) is 1. The number of nitrogens with one attached hydrogen (secondary N) is 2. The molecule has 1 unspecified atom stereocenters. The molecular weight excluding hydrogens is 302 g/mol. The van der Waals surface area contributed by atoms with Gasteiger partial charge in [0.2, 0.25) is 11.8 Å². The lowest BCUT2D eigenvalue weighted by Gasteiger charge is -2.40. The SMILES string of the molecule is CCN(CC)C(=O)C1(NC(=O)C(C)CNC)CCCCC1.Cl. The normalized spacial score (nSPS) is 18.0. The third-order valence-corrected chi connectivity index (χ3v) is 4.49.